The van der Waals surface area contributed by atoms with Gasteiger partial charge in [0.2, 0.25) is 0 Å². The standard InChI is InChI=1S/C28H48O/c1-19(2)8-7-9-20(3)23-13-16-28(6)25-11-10-21-18-22(29)12-15-26(21,4)24(25)14-17-27(23,28)5/h10,19-20,22-25,29H,7-9,11-18H2,1-6H3. The van der Waals surface area contributed by atoms with Crippen LogP contribution in [0.15, 0.2) is 11.6 Å². The van der Waals surface area contributed by atoms with E-state index in [0.717, 1.165) is 42.4 Å². The van der Waals surface area contributed by atoms with Gasteiger partial charge < -0.3 is 5.11 Å². The van der Waals surface area contributed by atoms with Crippen molar-refractivity contribution in [2.45, 2.75) is 118 Å². The van der Waals surface area contributed by atoms with E-state index in [1.807, 2.05) is 0 Å². The zero-order chi connectivity index (χ0) is 21.0. The lowest BCUT2D eigenvalue weighted by atomic mass is 9.42. The maximum atomic E-state index is 10.3. The minimum absolute atomic E-state index is 0.0853. The topological polar surface area (TPSA) is 20.2 Å². The predicted octanol–water partition coefficient (Wildman–Crippen LogP) is 7.78. The largest absolute Gasteiger partial charge is 0.393 e. The van der Waals surface area contributed by atoms with Gasteiger partial charge in [0.1, 0.15) is 0 Å². The summed E-state index contributed by atoms with van der Waals surface area (Å²) in [5.41, 5.74) is 3.02. The van der Waals surface area contributed by atoms with Gasteiger partial charge in [-0.1, -0.05) is 72.5 Å². The first-order chi connectivity index (χ1) is 13.6. The smallest absolute Gasteiger partial charge is 0.0577 e. The first-order valence-electron chi connectivity index (χ1n) is 13.0. The van der Waals surface area contributed by atoms with E-state index in [2.05, 4.69) is 47.6 Å². The van der Waals surface area contributed by atoms with Crippen LogP contribution < -0.4 is 0 Å². The van der Waals surface area contributed by atoms with Crippen LogP contribution in [0, 0.1) is 45.8 Å². The molecule has 1 N–H and O–H groups in total. The van der Waals surface area contributed by atoms with Gasteiger partial charge in [0.05, 0.1) is 6.10 Å². The Morgan fingerprint density at radius 3 is 2.38 bits per heavy atom. The number of hydrogen-bond donors (Lipinski definition) is 1. The number of aliphatic hydroxyl groups is 1. The van der Waals surface area contributed by atoms with E-state index >= 15 is 0 Å². The van der Waals surface area contributed by atoms with Gasteiger partial charge in [-0.25, -0.2) is 0 Å². The third-order valence-electron chi connectivity index (χ3n) is 11.1. The molecule has 1 nitrogen and oxygen atoms in total. The molecule has 3 saturated carbocycles. The Kier molecular flexibility index (Phi) is 5.81. The summed E-state index contributed by atoms with van der Waals surface area (Å²) in [6, 6.07) is 0. The maximum absolute atomic E-state index is 10.3. The van der Waals surface area contributed by atoms with Gasteiger partial charge in [-0.05, 0) is 97.2 Å². The van der Waals surface area contributed by atoms with Crippen LogP contribution in [0.25, 0.3) is 0 Å². The number of allylic oxidation sites excluding steroid dienone is 1. The van der Waals surface area contributed by atoms with E-state index in [1.165, 1.54) is 57.8 Å². The number of fused-ring (bicyclic) bond motifs is 5. The van der Waals surface area contributed by atoms with Crippen LogP contribution in [0.2, 0.25) is 0 Å². The van der Waals surface area contributed by atoms with Crippen molar-refractivity contribution < 1.29 is 5.11 Å². The summed E-state index contributed by atoms with van der Waals surface area (Å²) >= 11 is 0. The maximum Gasteiger partial charge on any atom is 0.0577 e. The van der Waals surface area contributed by atoms with Crippen LogP contribution >= 0.6 is 0 Å². The van der Waals surface area contributed by atoms with Gasteiger partial charge in [-0.15, -0.1) is 0 Å². The average molecular weight is 401 g/mol. The van der Waals surface area contributed by atoms with Crippen LogP contribution in [-0.4, -0.2) is 11.2 Å². The summed E-state index contributed by atoms with van der Waals surface area (Å²) < 4.78 is 0. The molecule has 0 aromatic rings. The molecule has 1 heteroatoms. The third-order valence-corrected chi connectivity index (χ3v) is 11.1. The van der Waals surface area contributed by atoms with E-state index in [1.54, 1.807) is 5.57 Å². The highest BCUT2D eigenvalue weighted by Gasteiger charge is 2.64. The van der Waals surface area contributed by atoms with Gasteiger partial charge in [-0.3, -0.25) is 0 Å². The molecule has 3 fully saturated rings. The van der Waals surface area contributed by atoms with Crippen molar-refractivity contribution in [3.05, 3.63) is 11.6 Å². The van der Waals surface area contributed by atoms with E-state index < -0.39 is 0 Å². The molecule has 4 rings (SSSR count). The molecule has 8 atom stereocenters. The fourth-order valence-corrected chi connectivity index (χ4v) is 9.04. The highest BCUT2D eigenvalue weighted by atomic mass is 16.3. The molecule has 0 aromatic heterocycles. The molecule has 0 aromatic carbocycles. The molecular weight excluding hydrogens is 352 g/mol. The molecule has 0 saturated heterocycles. The van der Waals surface area contributed by atoms with Crippen LogP contribution in [0.3, 0.4) is 0 Å². The van der Waals surface area contributed by atoms with Crippen LogP contribution in [0.5, 0.6) is 0 Å². The predicted molar refractivity (Wildman–Crippen MR) is 124 cm³/mol. The van der Waals surface area contributed by atoms with Crippen molar-refractivity contribution in [1.82, 2.24) is 0 Å². The Morgan fingerprint density at radius 2 is 1.66 bits per heavy atom. The lowest BCUT2D eigenvalue weighted by Crippen LogP contribution is -2.55. The Hall–Kier alpha value is -0.300. The minimum Gasteiger partial charge on any atom is -0.393 e. The second kappa shape index (κ2) is 7.68. The SMILES string of the molecule is CC(C)CCCC(C)C1CCC2(C)C3CC=C4CC(O)CCC4(C)C3CCC12C. The Morgan fingerprint density at radius 1 is 0.931 bits per heavy atom. The lowest BCUT2D eigenvalue weighted by molar-refractivity contribution is -0.114. The monoisotopic (exact) mass is 400 g/mol. The first-order valence-corrected chi connectivity index (χ1v) is 13.0. The van der Waals surface area contributed by atoms with Gasteiger partial charge in [0.15, 0.2) is 0 Å². The second-order valence-corrected chi connectivity index (χ2v) is 12.8. The molecule has 29 heavy (non-hydrogen) atoms. The summed E-state index contributed by atoms with van der Waals surface area (Å²) in [5.74, 6) is 4.36. The summed E-state index contributed by atoms with van der Waals surface area (Å²) in [6.45, 7) is 15.3. The lowest BCUT2D eigenvalue weighted by Gasteiger charge is -2.63. The Balaban J connectivity index is 1.55. The fraction of sp³-hybridized carbons (Fsp3) is 0.929. The molecule has 0 bridgehead atoms. The van der Waals surface area contributed by atoms with Gasteiger partial charge in [0, 0.05) is 0 Å². The molecule has 4 aliphatic rings. The Bertz CT molecular complexity index is 634. The van der Waals surface area contributed by atoms with E-state index in [0.29, 0.717) is 16.2 Å². The molecule has 4 aliphatic carbocycles. The van der Waals surface area contributed by atoms with Crippen LogP contribution in [-0.2, 0) is 0 Å². The highest BCUT2D eigenvalue weighted by molar-refractivity contribution is 5.27. The van der Waals surface area contributed by atoms with Crippen molar-refractivity contribution in [1.29, 1.82) is 0 Å². The number of rotatable bonds is 5. The number of hydrogen-bond acceptors (Lipinski definition) is 1. The fourth-order valence-electron chi connectivity index (χ4n) is 9.04. The molecule has 8 unspecified atom stereocenters. The zero-order valence-electron chi connectivity index (χ0n) is 20.3. The van der Waals surface area contributed by atoms with E-state index in [4.69, 9.17) is 0 Å². The summed E-state index contributed by atoms with van der Waals surface area (Å²) in [4.78, 5) is 0. The van der Waals surface area contributed by atoms with Crippen LogP contribution in [0.4, 0.5) is 0 Å². The van der Waals surface area contributed by atoms with Crippen molar-refractivity contribution in [2.75, 3.05) is 0 Å². The van der Waals surface area contributed by atoms with Crippen molar-refractivity contribution >= 4 is 0 Å². The van der Waals surface area contributed by atoms with Gasteiger partial charge >= 0.3 is 0 Å². The summed E-state index contributed by atoms with van der Waals surface area (Å²) in [5, 5.41) is 10.3. The first kappa shape index (κ1) is 21.9. The summed E-state index contributed by atoms with van der Waals surface area (Å²) in [6.07, 6.45) is 17.0. The molecule has 0 radical (unpaired) electrons. The van der Waals surface area contributed by atoms with E-state index in [9.17, 15) is 5.11 Å². The minimum atomic E-state index is -0.0853. The molecular formula is C28H48O. The van der Waals surface area contributed by atoms with Gasteiger partial charge in [0.25, 0.3) is 0 Å². The molecule has 0 spiro atoms. The van der Waals surface area contributed by atoms with Crippen molar-refractivity contribution in [2.24, 2.45) is 45.8 Å². The Labute approximate surface area is 181 Å². The molecule has 0 heterocycles. The van der Waals surface area contributed by atoms with Crippen molar-refractivity contribution in [3.63, 3.8) is 0 Å². The third kappa shape index (κ3) is 3.37. The second-order valence-electron chi connectivity index (χ2n) is 12.8. The highest BCUT2D eigenvalue weighted by Crippen LogP contribution is 2.72. The molecule has 166 valence electrons. The zero-order valence-corrected chi connectivity index (χ0v) is 20.3. The number of aliphatic hydroxyl groups excluding tert-OH is 1. The normalized spacial score (nSPS) is 47.9. The van der Waals surface area contributed by atoms with Crippen LogP contribution in [0.1, 0.15) is 112 Å². The summed E-state index contributed by atoms with van der Waals surface area (Å²) in [7, 11) is 0. The van der Waals surface area contributed by atoms with E-state index in [-0.39, 0.29) is 6.10 Å². The molecule has 0 aliphatic heterocycles. The quantitative estimate of drug-likeness (QED) is 0.467. The van der Waals surface area contributed by atoms with Gasteiger partial charge in [-0.2, -0.15) is 0 Å². The molecule has 0 amide bonds. The van der Waals surface area contributed by atoms with Crippen molar-refractivity contribution in [3.8, 4) is 0 Å². The average Bonchev–Trinajstić information content (AvgIpc) is 2.93.